The largest absolute Gasteiger partial charge is 0.352 e. The van der Waals surface area contributed by atoms with Crippen LogP contribution in [0, 0.1) is 13.8 Å². The molecule has 0 unspecified atom stereocenters. The number of unbranched alkanes of at least 4 members (excludes halogenated alkanes) is 1. The number of hydrogen-bond acceptors (Lipinski definition) is 2. The number of rotatable bonds is 4. The van der Waals surface area contributed by atoms with E-state index in [0.717, 1.165) is 24.1 Å². The molecular weight excluding hydrogens is 224 g/mol. The van der Waals surface area contributed by atoms with E-state index in [1.807, 2.05) is 19.9 Å². The standard InChI is InChI=1S/C12H17ClN2O/c1-4-5-6-14-12(16)10-8(2)7-9(3)15-11(10)13/h7H,4-6H2,1-3H3,(H,14,16). The monoisotopic (exact) mass is 240 g/mol. The van der Waals surface area contributed by atoms with Gasteiger partial charge < -0.3 is 5.32 Å². The minimum Gasteiger partial charge on any atom is -0.352 e. The zero-order valence-corrected chi connectivity index (χ0v) is 10.7. The molecule has 1 rings (SSSR count). The zero-order valence-electron chi connectivity index (χ0n) is 9.93. The molecule has 0 radical (unpaired) electrons. The van der Waals surface area contributed by atoms with Crippen LogP contribution in [0.25, 0.3) is 0 Å². The van der Waals surface area contributed by atoms with Gasteiger partial charge in [0, 0.05) is 12.2 Å². The fourth-order valence-corrected chi connectivity index (χ4v) is 1.90. The van der Waals surface area contributed by atoms with Gasteiger partial charge >= 0.3 is 0 Å². The van der Waals surface area contributed by atoms with Gasteiger partial charge in [-0.15, -0.1) is 0 Å². The summed E-state index contributed by atoms with van der Waals surface area (Å²) in [4.78, 5) is 15.9. The average Bonchev–Trinajstić information content (AvgIpc) is 2.16. The Kier molecular flexibility index (Phi) is 4.74. The Labute approximate surface area is 101 Å². The van der Waals surface area contributed by atoms with Gasteiger partial charge in [-0.1, -0.05) is 24.9 Å². The minimum atomic E-state index is -0.136. The zero-order chi connectivity index (χ0) is 12.1. The van der Waals surface area contributed by atoms with Gasteiger partial charge in [0.15, 0.2) is 0 Å². The van der Waals surface area contributed by atoms with E-state index in [0.29, 0.717) is 12.1 Å². The van der Waals surface area contributed by atoms with Crippen LogP contribution in [0.5, 0.6) is 0 Å². The maximum atomic E-state index is 11.8. The first kappa shape index (κ1) is 13.0. The van der Waals surface area contributed by atoms with Gasteiger partial charge in [0.1, 0.15) is 5.15 Å². The molecule has 0 spiro atoms. The van der Waals surface area contributed by atoms with E-state index in [1.54, 1.807) is 0 Å². The van der Waals surface area contributed by atoms with E-state index in [4.69, 9.17) is 11.6 Å². The van der Waals surface area contributed by atoms with E-state index in [1.165, 1.54) is 0 Å². The lowest BCUT2D eigenvalue weighted by molar-refractivity contribution is 0.0952. The van der Waals surface area contributed by atoms with Crippen LogP contribution in [0.3, 0.4) is 0 Å². The molecular formula is C12H17ClN2O. The molecule has 16 heavy (non-hydrogen) atoms. The maximum Gasteiger partial charge on any atom is 0.254 e. The minimum absolute atomic E-state index is 0.136. The van der Waals surface area contributed by atoms with E-state index < -0.39 is 0 Å². The van der Waals surface area contributed by atoms with Crippen LogP contribution >= 0.6 is 11.6 Å². The first-order valence-corrected chi connectivity index (χ1v) is 5.86. The summed E-state index contributed by atoms with van der Waals surface area (Å²) in [5.41, 5.74) is 2.18. The van der Waals surface area contributed by atoms with Crippen LogP contribution in [0.1, 0.15) is 41.4 Å². The van der Waals surface area contributed by atoms with Crippen LogP contribution in [0.15, 0.2) is 6.07 Å². The molecule has 0 aliphatic carbocycles. The Balaban J connectivity index is 2.83. The molecule has 0 bridgehead atoms. The summed E-state index contributed by atoms with van der Waals surface area (Å²) in [5, 5.41) is 3.12. The Hall–Kier alpha value is -1.09. The normalized spacial score (nSPS) is 10.2. The molecule has 0 aromatic carbocycles. The van der Waals surface area contributed by atoms with Crippen molar-refractivity contribution >= 4 is 17.5 Å². The molecule has 1 heterocycles. The number of amides is 1. The van der Waals surface area contributed by atoms with Crippen molar-refractivity contribution in [2.24, 2.45) is 0 Å². The van der Waals surface area contributed by atoms with Crippen molar-refractivity contribution in [3.63, 3.8) is 0 Å². The van der Waals surface area contributed by atoms with Crippen LogP contribution in [0.4, 0.5) is 0 Å². The number of carbonyl (C=O) groups is 1. The smallest absolute Gasteiger partial charge is 0.254 e. The highest BCUT2D eigenvalue weighted by Crippen LogP contribution is 2.18. The Morgan fingerprint density at radius 2 is 2.19 bits per heavy atom. The maximum absolute atomic E-state index is 11.8. The van der Waals surface area contributed by atoms with Crippen molar-refractivity contribution in [3.8, 4) is 0 Å². The third-order valence-corrected chi connectivity index (χ3v) is 2.62. The fraction of sp³-hybridized carbons (Fsp3) is 0.500. The van der Waals surface area contributed by atoms with Crippen molar-refractivity contribution in [3.05, 3.63) is 28.0 Å². The third-order valence-electron chi connectivity index (χ3n) is 2.34. The van der Waals surface area contributed by atoms with Crippen molar-refractivity contribution in [1.29, 1.82) is 0 Å². The number of nitrogens with one attached hydrogen (secondary N) is 1. The summed E-state index contributed by atoms with van der Waals surface area (Å²) in [7, 11) is 0. The quantitative estimate of drug-likeness (QED) is 0.650. The molecule has 1 aromatic heterocycles. The number of aromatic nitrogens is 1. The molecule has 0 saturated carbocycles. The van der Waals surface area contributed by atoms with Crippen LogP contribution in [-0.2, 0) is 0 Å². The van der Waals surface area contributed by atoms with E-state index in [-0.39, 0.29) is 11.1 Å². The second kappa shape index (κ2) is 5.85. The second-order valence-corrected chi connectivity index (χ2v) is 4.21. The predicted molar refractivity (Wildman–Crippen MR) is 66.0 cm³/mol. The highest BCUT2D eigenvalue weighted by atomic mass is 35.5. The van der Waals surface area contributed by atoms with Gasteiger partial charge in [-0.2, -0.15) is 0 Å². The summed E-state index contributed by atoms with van der Waals surface area (Å²) in [6.07, 6.45) is 2.03. The lowest BCUT2D eigenvalue weighted by Gasteiger charge is -2.09. The highest BCUT2D eigenvalue weighted by Gasteiger charge is 2.14. The first-order chi connectivity index (χ1) is 7.56. The molecule has 0 saturated heterocycles. The molecule has 1 aromatic rings. The summed E-state index contributed by atoms with van der Waals surface area (Å²) in [6.45, 7) is 6.49. The topological polar surface area (TPSA) is 42.0 Å². The molecule has 0 atom stereocenters. The molecule has 0 aliphatic rings. The van der Waals surface area contributed by atoms with E-state index in [2.05, 4.69) is 17.2 Å². The van der Waals surface area contributed by atoms with Crippen LogP contribution in [0.2, 0.25) is 5.15 Å². The van der Waals surface area contributed by atoms with E-state index in [9.17, 15) is 4.79 Å². The Morgan fingerprint density at radius 3 is 2.75 bits per heavy atom. The van der Waals surface area contributed by atoms with Gasteiger partial charge in [0.25, 0.3) is 5.91 Å². The SMILES string of the molecule is CCCCNC(=O)c1c(C)cc(C)nc1Cl. The molecule has 1 amide bonds. The fourth-order valence-electron chi connectivity index (χ4n) is 1.53. The molecule has 88 valence electrons. The number of pyridine rings is 1. The summed E-state index contributed by atoms with van der Waals surface area (Å²) in [6, 6.07) is 1.86. The van der Waals surface area contributed by atoms with Gasteiger partial charge in [0.2, 0.25) is 0 Å². The molecule has 3 nitrogen and oxygen atoms in total. The number of halogens is 1. The molecule has 0 aliphatic heterocycles. The van der Waals surface area contributed by atoms with Crippen molar-refractivity contribution in [2.45, 2.75) is 33.6 Å². The third kappa shape index (κ3) is 3.20. The molecule has 4 heteroatoms. The number of nitrogens with zero attached hydrogens (tertiary/aromatic N) is 1. The predicted octanol–water partition coefficient (Wildman–Crippen LogP) is 2.88. The van der Waals surface area contributed by atoms with Gasteiger partial charge in [0.05, 0.1) is 5.56 Å². The van der Waals surface area contributed by atoms with E-state index >= 15 is 0 Å². The van der Waals surface area contributed by atoms with Crippen molar-refractivity contribution < 1.29 is 4.79 Å². The summed E-state index contributed by atoms with van der Waals surface area (Å²) < 4.78 is 0. The number of carbonyl (C=O) groups excluding carboxylic acids is 1. The van der Waals surface area contributed by atoms with Crippen molar-refractivity contribution in [2.75, 3.05) is 6.54 Å². The van der Waals surface area contributed by atoms with Crippen molar-refractivity contribution in [1.82, 2.24) is 10.3 Å². The Bertz CT molecular complexity index is 368. The highest BCUT2D eigenvalue weighted by molar-refractivity contribution is 6.32. The Morgan fingerprint density at radius 1 is 1.50 bits per heavy atom. The first-order valence-electron chi connectivity index (χ1n) is 5.48. The number of aryl methyl sites for hydroxylation is 2. The molecule has 0 fully saturated rings. The second-order valence-electron chi connectivity index (χ2n) is 3.86. The van der Waals surface area contributed by atoms with Gasteiger partial charge in [-0.25, -0.2) is 4.98 Å². The molecule has 1 N–H and O–H groups in total. The van der Waals surface area contributed by atoms with Crippen LogP contribution < -0.4 is 5.32 Å². The van der Waals surface area contributed by atoms with Crippen LogP contribution in [-0.4, -0.2) is 17.4 Å². The lowest BCUT2D eigenvalue weighted by atomic mass is 10.1. The van der Waals surface area contributed by atoms with Gasteiger partial charge in [-0.05, 0) is 31.9 Å². The summed E-state index contributed by atoms with van der Waals surface area (Å²) in [5.74, 6) is -0.136. The summed E-state index contributed by atoms with van der Waals surface area (Å²) >= 11 is 5.97. The number of hydrogen-bond donors (Lipinski definition) is 1. The lowest BCUT2D eigenvalue weighted by Crippen LogP contribution is -2.25. The van der Waals surface area contributed by atoms with Gasteiger partial charge in [-0.3, -0.25) is 4.79 Å². The average molecular weight is 241 g/mol.